The van der Waals surface area contributed by atoms with Crippen molar-refractivity contribution < 1.29 is 9.84 Å². The Morgan fingerprint density at radius 3 is 2.67 bits per heavy atom. The zero-order valence-electron chi connectivity index (χ0n) is 10.9. The minimum atomic E-state index is -0.454. The zero-order chi connectivity index (χ0) is 13.1. The number of rotatable bonds is 4. The third-order valence-electron chi connectivity index (χ3n) is 3.15. The summed E-state index contributed by atoms with van der Waals surface area (Å²) < 4.78 is 5.29. The molecule has 0 saturated heterocycles. The van der Waals surface area contributed by atoms with E-state index in [4.69, 9.17) is 4.74 Å². The highest BCUT2D eigenvalue weighted by atomic mass is 32.1. The molecular weight excluding hydrogens is 244 g/mol. The molecule has 0 aliphatic heterocycles. The van der Waals surface area contributed by atoms with Crippen molar-refractivity contribution in [2.75, 3.05) is 7.11 Å². The van der Waals surface area contributed by atoms with Gasteiger partial charge in [0.1, 0.15) is 5.75 Å². The van der Waals surface area contributed by atoms with Crippen LogP contribution >= 0.6 is 11.3 Å². The van der Waals surface area contributed by atoms with Crippen LogP contribution in [0.1, 0.15) is 28.4 Å². The van der Waals surface area contributed by atoms with Crippen molar-refractivity contribution in [2.45, 2.75) is 26.4 Å². The van der Waals surface area contributed by atoms with Crippen molar-refractivity contribution in [1.82, 2.24) is 0 Å². The normalized spacial score (nSPS) is 12.4. The van der Waals surface area contributed by atoms with Crippen molar-refractivity contribution in [1.29, 1.82) is 0 Å². The van der Waals surface area contributed by atoms with Gasteiger partial charge in [-0.1, -0.05) is 0 Å². The van der Waals surface area contributed by atoms with Crippen LogP contribution in [0.5, 0.6) is 5.75 Å². The Hall–Kier alpha value is -1.32. The molecule has 0 spiro atoms. The first-order chi connectivity index (χ1) is 8.61. The number of ether oxygens (including phenoxy) is 1. The predicted octanol–water partition coefficient (Wildman–Crippen LogP) is 3.65. The highest BCUT2D eigenvalue weighted by Crippen LogP contribution is 2.28. The second-order valence-corrected chi connectivity index (χ2v) is 5.31. The van der Waals surface area contributed by atoms with E-state index >= 15 is 0 Å². The number of benzene rings is 1. The molecule has 1 unspecified atom stereocenters. The Balaban J connectivity index is 2.25. The van der Waals surface area contributed by atoms with E-state index in [1.807, 2.05) is 31.4 Å². The van der Waals surface area contributed by atoms with E-state index in [9.17, 15) is 5.11 Å². The van der Waals surface area contributed by atoms with E-state index < -0.39 is 6.10 Å². The van der Waals surface area contributed by atoms with Crippen molar-refractivity contribution in [3.8, 4) is 5.75 Å². The molecule has 2 rings (SSSR count). The topological polar surface area (TPSA) is 29.5 Å². The lowest BCUT2D eigenvalue weighted by Gasteiger charge is -2.16. The first-order valence-corrected chi connectivity index (χ1v) is 6.90. The van der Waals surface area contributed by atoms with E-state index in [0.717, 1.165) is 22.4 Å². The lowest BCUT2D eigenvalue weighted by atomic mass is 9.96. The van der Waals surface area contributed by atoms with Gasteiger partial charge in [-0.2, -0.15) is 11.3 Å². The van der Waals surface area contributed by atoms with Gasteiger partial charge in [-0.05, 0) is 65.1 Å². The lowest BCUT2D eigenvalue weighted by molar-refractivity contribution is 0.177. The van der Waals surface area contributed by atoms with E-state index in [0.29, 0.717) is 6.42 Å². The summed E-state index contributed by atoms with van der Waals surface area (Å²) in [5.41, 5.74) is 4.29. The molecule has 0 fully saturated rings. The first-order valence-electron chi connectivity index (χ1n) is 5.96. The largest absolute Gasteiger partial charge is 0.496 e. The van der Waals surface area contributed by atoms with Gasteiger partial charge < -0.3 is 9.84 Å². The molecule has 0 radical (unpaired) electrons. The highest BCUT2D eigenvalue weighted by molar-refractivity contribution is 7.07. The second kappa shape index (κ2) is 5.55. The van der Waals surface area contributed by atoms with Crippen LogP contribution in [0.4, 0.5) is 0 Å². The summed E-state index contributed by atoms with van der Waals surface area (Å²) in [6.45, 7) is 4.01. The van der Waals surface area contributed by atoms with Gasteiger partial charge in [0.25, 0.3) is 0 Å². The summed E-state index contributed by atoms with van der Waals surface area (Å²) in [7, 11) is 1.67. The maximum absolute atomic E-state index is 10.3. The molecule has 2 nitrogen and oxygen atoms in total. The average Bonchev–Trinajstić information content (AvgIpc) is 2.84. The molecule has 2 aromatic rings. The molecule has 0 aliphatic rings. The van der Waals surface area contributed by atoms with Crippen LogP contribution in [0.15, 0.2) is 29.0 Å². The molecule has 0 aliphatic carbocycles. The second-order valence-electron chi connectivity index (χ2n) is 4.53. The number of aliphatic hydroxyl groups excluding tert-OH is 1. The van der Waals surface area contributed by atoms with Gasteiger partial charge in [0.15, 0.2) is 0 Å². The molecule has 18 heavy (non-hydrogen) atoms. The third kappa shape index (κ3) is 2.74. The fourth-order valence-electron chi connectivity index (χ4n) is 2.13. The van der Waals surface area contributed by atoms with Gasteiger partial charge in [-0.15, -0.1) is 0 Å². The summed E-state index contributed by atoms with van der Waals surface area (Å²) in [5.74, 6) is 0.874. The Kier molecular flexibility index (Phi) is 4.04. The molecule has 0 amide bonds. The molecule has 1 atom stereocenters. The van der Waals surface area contributed by atoms with Crippen LogP contribution in [-0.4, -0.2) is 12.2 Å². The molecule has 0 bridgehead atoms. The molecule has 1 heterocycles. The van der Waals surface area contributed by atoms with Gasteiger partial charge in [-0.3, -0.25) is 0 Å². The van der Waals surface area contributed by atoms with E-state index in [1.54, 1.807) is 18.4 Å². The number of hydrogen-bond donors (Lipinski definition) is 1. The molecule has 96 valence electrons. The first kappa shape index (κ1) is 13.1. The SMILES string of the molecule is COc1cc(C)c(C(O)Cc2ccsc2)cc1C. The minimum absolute atomic E-state index is 0.454. The Labute approximate surface area is 112 Å². The fraction of sp³-hybridized carbons (Fsp3) is 0.333. The summed E-state index contributed by atoms with van der Waals surface area (Å²) in [6, 6.07) is 6.06. The summed E-state index contributed by atoms with van der Waals surface area (Å²) in [6.07, 6.45) is 0.208. The molecule has 1 aromatic carbocycles. The van der Waals surface area contributed by atoms with Crippen LogP contribution in [0.2, 0.25) is 0 Å². The number of hydrogen-bond acceptors (Lipinski definition) is 3. The van der Waals surface area contributed by atoms with Crippen molar-refractivity contribution in [2.24, 2.45) is 0 Å². The highest BCUT2D eigenvalue weighted by Gasteiger charge is 2.13. The Morgan fingerprint density at radius 2 is 2.06 bits per heavy atom. The van der Waals surface area contributed by atoms with Crippen LogP contribution in [0.25, 0.3) is 0 Å². The Bertz CT molecular complexity index is 518. The minimum Gasteiger partial charge on any atom is -0.496 e. The molecule has 0 saturated carbocycles. The molecular formula is C15H18O2S. The summed E-state index contributed by atoms with van der Waals surface area (Å²) in [4.78, 5) is 0. The van der Waals surface area contributed by atoms with Gasteiger partial charge in [0, 0.05) is 6.42 Å². The van der Waals surface area contributed by atoms with Crippen LogP contribution in [0, 0.1) is 13.8 Å². The lowest BCUT2D eigenvalue weighted by Crippen LogP contribution is -2.04. The summed E-state index contributed by atoms with van der Waals surface area (Å²) in [5, 5.41) is 14.4. The van der Waals surface area contributed by atoms with Crippen LogP contribution in [-0.2, 0) is 6.42 Å². The van der Waals surface area contributed by atoms with Gasteiger partial charge >= 0.3 is 0 Å². The maximum Gasteiger partial charge on any atom is 0.122 e. The van der Waals surface area contributed by atoms with Gasteiger partial charge in [0.2, 0.25) is 0 Å². The fourth-order valence-corrected chi connectivity index (χ4v) is 2.81. The molecule has 1 N–H and O–H groups in total. The standard InChI is InChI=1S/C15H18O2S/c1-10-7-15(17-3)11(2)6-13(10)14(16)8-12-4-5-18-9-12/h4-7,9,14,16H,8H2,1-3H3. The van der Waals surface area contributed by atoms with Crippen LogP contribution < -0.4 is 4.74 Å². The van der Waals surface area contributed by atoms with Gasteiger partial charge in [0.05, 0.1) is 13.2 Å². The van der Waals surface area contributed by atoms with E-state index in [1.165, 1.54) is 5.56 Å². The van der Waals surface area contributed by atoms with Crippen molar-refractivity contribution in [3.63, 3.8) is 0 Å². The van der Waals surface area contributed by atoms with Crippen molar-refractivity contribution >= 4 is 11.3 Å². The third-order valence-corrected chi connectivity index (χ3v) is 3.88. The summed E-state index contributed by atoms with van der Waals surface area (Å²) >= 11 is 1.66. The monoisotopic (exact) mass is 262 g/mol. The number of aryl methyl sites for hydroxylation is 2. The van der Waals surface area contributed by atoms with E-state index in [-0.39, 0.29) is 0 Å². The smallest absolute Gasteiger partial charge is 0.122 e. The maximum atomic E-state index is 10.3. The molecule has 3 heteroatoms. The number of thiophene rings is 1. The molecule has 1 aromatic heterocycles. The number of aliphatic hydroxyl groups is 1. The zero-order valence-corrected chi connectivity index (χ0v) is 11.8. The van der Waals surface area contributed by atoms with Crippen molar-refractivity contribution in [3.05, 3.63) is 51.2 Å². The Morgan fingerprint density at radius 1 is 1.28 bits per heavy atom. The van der Waals surface area contributed by atoms with E-state index in [2.05, 4.69) is 11.4 Å². The van der Waals surface area contributed by atoms with Crippen LogP contribution in [0.3, 0.4) is 0 Å². The number of methoxy groups -OCH3 is 1. The average molecular weight is 262 g/mol. The van der Waals surface area contributed by atoms with Gasteiger partial charge in [-0.25, -0.2) is 0 Å². The quantitative estimate of drug-likeness (QED) is 0.911. The predicted molar refractivity (Wildman–Crippen MR) is 75.5 cm³/mol.